The quantitative estimate of drug-likeness (QED) is 0.884. The predicted octanol–water partition coefficient (Wildman–Crippen LogP) is 2.87. The van der Waals surface area contributed by atoms with Crippen LogP contribution in [0.1, 0.15) is 42.1 Å². The predicted molar refractivity (Wildman–Crippen MR) is 91.7 cm³/mol. The molecule has 0 unspecified atom stereocenters. The number of aromatic nitrogens is 2. The fourth-order valence-electron chi connectivity index (χ4n) is 3.29. The Morgan fingerprint density at radius 3 is 3.00 bits per heavy atom. The summed E-state index contributed by atoms with van der Waals surface area (Å²) in [4.78, 5) is 22.1. The SMILES string of the molecule is O=C(O)CCc1cccc([C@@H]2CCCN(Cc3cccnc3)C2)n1. The van der Waals surface area contributed by atoms with Crippen molar-refractivity contribution in [3.63, 3.8) is 0 Å². The van der Waals surface area contributed by atoms with Crippen LogP contribution in [0, 0.1) is 0 Å². The molecule has 1 saturated heterocycles. The lowest BCUT2D eigenvalue weighted by Crippen LogP contribution is -2.34. The molecule has 0 aliphatic carbocycles. The number of pyridine rings is 2. The molecule has 0 bridgehead atoms. The van der Waals surface area contributed by atoms with E-state index in [1.54, 1.807) is 6.20 Å². The Kier molecular flexibility index (Phi) is 5.54. The number of likely N-dealkylation sites (tertiary alicyclic amines) is 1. The number of rotatable bonds is 6. The van der Waals surface area contributed by atoms with Crippen molar-refractivity contribution >= 4 is 5.97 Å². The van der Waals surface area contributed by atoms with Crippen molar-refractivity contribution < 1.29 is 9.90 Å². The Morgan fingerprint density at radius 1 is 1.29 bits per heavy atom. The monoisotopic (exact) mass is 325 g/mol. The van der Waals surface area contributed by atoms with Gasteiger partial charge >= 0.3 is 5.97 Å². The Morgan fingerprint density at radius 2 is 2.21 bits per heavy atom. The van der Waals surface area contributed by atoms with E-state index in [9.17, 15) is 4.79 Å². The van der Waals surface area contributed by atoms with Gasteiger partial charge in [-0.25, -0.2) is 0 Å². The fraction of sp³-hybridized carbons (Fsp3) is 0.421. The number of carbonyl (C=O) groups is 1. The molecule has 5 nitrogen and oxygen atoms in total. The van der Waals surface area contributed by atoms with Gasteiger partial charge in [0.2, 0.25) is 0 Å². The molecule has 1 N–H and O–H groups in total. The molecule has 24 heavy (non-hydrogen) atoms. The summed E-state index contributed by atoms with van der Waals surface area (Å²) in [6.45, 7) is 3.01. The minimum Gasteiger partial charge on any atom is -0.481 e. The topological polar surface area (TPSA) is 66.3 Å². The van der Waals surface area contributed by atoms with Gasteiger partial charge in [-0.05, 0) is 43.1 Å². The van der Waals surface area contributed by atoms with Gasteiger partial charge in [0, 0.05) is 49.2 Å². The first kappa shape index (κ1) is 16.6. The fourth-order valence-corrected chi connectivity index (χ4v) is 3.29. The van der Waals surface area contributed by atoms with Gasteiger partial charge in [0.25, 0.3) is 0 Å². The molecule has 1 atom stereocenters. The molecule has 1 aliphatic rings. The summed E-state index contributed by atoms with van der Waals surface area (Å²) in [6.07, 6.45) is 6.65. The van der Waals surface area contributed by atoms with Crippen LogP contribution in [0.3, 0.4) is 0 Å². The molecule has 0 aromatic carbocycles. The third-order valence-electron chi connectivity index (χ3n) is 4.48. The third kappa shape index (κ3) is 4.61. The Labute approximate surface area is 142 Å². The Bertz CT molecular complexity index is 675. The maximum absolute atomic E-state index is 10.7. The highest BCUT2D eigenvalue weighted by molar-refractivity contribution is 5.66. The number of hydrogen-bond acceptors (Lipinski definition) is 4. The molecule has 3 rings (SSSR count). The van der Waals surface area contributed by atoms with E-state index in [4.69, 9.17) is 10.1 Å². The average molecular weight is 325 g/mol. The van der Waals surface area contributed by atoms with E-state index in [-0.39, 0.29) is 6.42 Å². The van der Waals surface area contributed by atoms with E-state index >= 15 is 0 Å². The van der Waals surface area contributed by atoms with Gasteiger partial charge in [0.15, 0.2) is 0 Å². The second kappa shape index (κ2) is 8.02. The van der Waals surface area contributed by atoms with Gasteiger partial charge in [0.05, 0.1) is 6.42 Å². The van der Waals surface area contributed by atoms with Gasteiger partial charge in [0.1, 0.15) is 0 Å². The number of aryl methyl sites for hydroxylation is 1. The number of aliphatic carboxylic acids is 1. The molecule has 3 heterocycles. The van der Waals surface area contributed by atoms with Gasteiger partial charge < -0.3 is 5.11 Å². The lowest BCUT2D eigenvalue weighted by atomic mass is 9.93. The van der Waals surface area contributed by atoms with Crippen LogP contribution < -0.4 is 0 Å². The largest absolute Gasteiger partial charge is 0.481 e. The van der Waals surface area contributed by atoms with Crippen molar-refractivity contribution in [1.82, 2.24) is 14.9 Å². The van der Waals surface area contributed by atoms with Crippen molar-refractivity contribution in [2.24, 2.45) is 0 Å². The molecule has 5 heteroatoms. The molecule has 0 saturated carbocycles. The summed E-state index contributed by atoms with van der Waals surface area (Å²) in [7, 11) is 0. The van der Waals surface area contributed by atoms with Crippen molar-refractivity contribution in [1.29, 1.82) is 0 Å². The first-order valence-electron chi connectivity index (χ1n) is 8.49. The van der Waals surface area contributed by atoms with Crippen molar-refractivity contribution in [2.45, 2.75) is 38.1 Å². The molecule has 2 aromatic rings. The van der Waals surface area contributed by atoms with E-state index in [1.165, 1.54) is 5.56 Å². The first-order valence-corrected chi connectivity index (χ1v) is 8.49. The summed E-state index contributed by atoms with van der Waals surface area (Å²) in [5, 5.41) is 8.83. The molecule has 126 valence electrons. The van der Waals surface area contributed by atoms with Crippen LogP contribution in [-0.2, 0) is 17.8 Å². The summed E-state index contributed by atoms with van der Waals surface area (Å²) in [5.41, 5.74) is 3.20. The van der Waals surface area contributed by atoms with Crippen LogP contribution in [0.5, 0.6) is 0 Å². The van der Waals surface area contributed by atoms with Crippen LogP contribution >= 0.6 is 0 Å². The molecule has 0 spiro atoms. The summed E-state index contributed by atoms with van der Waals surface area (Å²) in [5.74, 6) is -0.359. The molecule has 2 aromatic heterocycles. The lowest BCUT2D eigenvalue weighted by Gasteiger charge is -2.32. The van der Waals surface area contributed by atoms with E-state index < -0.39 is 5.97 Å². The normalized spacial score (nSPS) is 18.4. The number of nitrogens with zero attached hydrogens (tertiary/aromatic N) is 3. The molecular formula is C19H23N3O2. The minimum absolute atomic E-state index is 0.133. The van der Waals surface area contributed by atoms with E-state index in [2.05, 4.69) is 22.0 Å². The van der Waals surface area contributed by atoms with E-state index in [0.29, 0.717) is 12.3 Å². The summed E-state index contributed by atoms with van der Waals surface area (Å²) < 4.78 is 0. The van der Waals surface area contributed by atoms with Crippen LogP contribution in [0.4, 0.5) is 0 Å². The number of hydrogen-bond donors (Lipinski definition) is 1. The van der Waals surface area contributed by atoms with Crippen molar-refractivity contribution in [2.75, 3.05) is 13.1 Å². The maximum atomic E-state index is 10.7. The van der Waals surface area contributed by atoms with Gasteiger partial charge in [-0.1, -0.05) is 12.1 Å². The summed E-state index contributed by atoms with van der Waals surface area (Å²) in [6, 6.07) is 10.1. The molecule has 1 aliphatic heterocycles. The molecule has 0 radical (unpaired) electrons. The van der Waals surface area contributed by atoms with Crippen LogP contribution in [0.2, 0.25) is 0 Å². The van der Waals surface area contributed by atoms with Gasteiger partial charge in [-0.15, -0.1) is 0 Å². The highest BCUT2D eigenvalue weighted by Gasteiger charge is 2.22. The Balaban J connectivity index is 1.64. The number of carboxylic acid groups (broad SMARTS) is 1. The van der Waals surface area contributed by atoms with Crippen LogP contribution in [0.25, 0.3) is 0 Å². The lowest BCUT2D eigenvalue weighted by molar-refractivity contribution is -0.136. The van der Waals surface area contributed by atoms with Crippen LogP contribution in [0.15, 0.2) is 42.7 Å². The highest BCUT2D eigenvalue weighted by Crippen LogP contribution is 2.26. The van der Waals surface area contributed by atoms with Crippen molar-refractivity contribution in [3.05, 3.63) is 59.7 Å². The molecule has 1 fully saturated rings. The molecular weight excluding hydrogens is 302 g/mol. The molecule has 0 amide bonds. The van der Waals surface area contributed by atoms with E-state index in [1.807, 2.05) is 24.4 Å². The summed E-state index contributed by atoms with van der Waals surface area (Å²) >= 11 is 0. The minimum atomic E-state index is -0.775. The zero-order valence-corrected chi connectivity index (χ0v) is 13.8. The number of piperidine rings is 1. The smallest absolute Gasteiger partial charge is 0.303 e. The second-order valence-corrected chi connectivity index (χ2v) is 6.38. The Hall–Kier alpha value is -2.27. The zero-order chi connectivity index (χ0) is 16.8. The van der Waals surface area contributed by atoms with E-state index in [0.717, 1.165) is 43.9 Å². The van der Waals surface area contributed by atoms with Gasteiger partial charge in [-0.3, -0.25) is 19.7 Å². The van der Waals surface area contributed by atoms with Gasteiger partial charge in [-0.2, -0.15) is 0 Å². The zero-order valence-electron chi connectivity index (χ0n) is 13.8. The maximum Gasteiger partial charge on any atom is 0.303 e. The number of carboxylic acids is 1. The standard InChI is InChI=1S/C19H23N3O2/c23-19(24)9-8-17-6-1-7-18(21-17)16-5-3-11-22(14-16)13-15-4-2-10-20-12-15/h1-2,4,6-7,10,12,16H,3,5,8-9,11,13-14H2,(H,23,24)/t16-/m1/s1. The first-order chi connectivity index (χ1) is 11.7. The van der Waals surface area contributed by atoms with Crippen LogP contribution in [-0.4, -0.2) is 39.0 Å². The second-order valence-electron chi connectivity index (χ2n) is 6.38. The highest BCUT2D eigenvalue weighted by atomic mass is 16.4. The third-order valence-corrected chi connectivity index (χ3v) is 4.48. The van der Waals surface area contributed by atoms with Crippen molar-refractivity contribution in [3.8, 4) is 0 Å². The average Bonchev–Trinajstić information content (AvgIpc) is 2.61.